The van der Waals surface area contributed by atoms with E-state index in [1.807, 2.05) is 29.2 Å². The van der Waals surface area contributed by atoms with Crippen molar-refractivity contribution in [1.29, 1.82) is 0 Å². The van der Waals surface area contributed by atoms with E-state index in [1.165, 1.54) is 12.1 Å². The first kappa shape index (κ1) is 24.5. The summed E-state index contributed by atoms with van der Waals surface area (Å²) >= 11 is 0. The Kier molecular flexibility index (Phi) is 7.33. The third-order valence-corrected chi connectivity index (χ3v) is 6.43. The van der Waals surface area contributed by atoms with Gasteiger partial charge in [-0.05, 0) is 55.9 Å². The van der Waals surface area contributed by atoms with Crippen LogP contribution in [0, 0.1) is 0 Å². The number of nitrogens with zero attached hydrogens (tertiary/aromatic N) is 3. The molecule has 1 aromatic heterocycles. The zero-order chi connectivity index (χ0) is 25.0. The van der Waals surface area contributed by atoms with Crippen LogP contribution in [-0.4, -0.2) is 62.5 Å². The fraction of sp³-hybridized carbons (Fsp3) is 0.423. The molecule has 5 rings (SSSR count). The molecule has 7 nitrogen and oxygen atoms in total. The molecule has 1 fully saturated rings. The Morgan fingerprint density at radius 1 is 0.917 bits per heavy atom. The zero-order valence-electron chi connectivity index (χ0n) is 19.9. The van der Waals surface area contributed by atoms with E-state index in [0.717, 1.165) is 80.3 Å². The maximum atomic E-state index is 13.0. The summed E-state index contributed by atoms with van der Waals surface area (Å²) in [6.07, 6.45) is -3.35. The van der Waals surface area contributed by atoms with Crippen LogP contribution in [0.1, 0.15) is 17.7 Å². The molecule has 3 aromatic rings. The molecule has 2 aromatic carbocycles. The molecule has 0 saturated carbocycles. The average Bonchev–Trinajstić information content (AvgIpc) is 3.37. The summed E-state index contributed by atoms with van der Waals surface area (Å²) in [5, 5.41) is 7.56. The van der Waals surface area contributed by atoms with Gasteiger partial charge in [-0.2, -0.15) is 13.2 Å². The zero-order valence-corrected chi connectivity index (χ0v) is 19.9. The van der Waals surface area contributed by atoms with Gasteiger partial charge in [-0.3, -0.25) is 4.90 Å². The van der Waals surface area contributed by atoms with Crippen LogP contribution in [0.3, 0.4) is 0 Å². The highest BCUT2D eigenvalue weighted by Gasteiger charge is 2.31. The third-order valence-electron chi connectivity index (χ3n) is 6.43. The lowest BCUT2D eigenvalue weighted by Gasteiger charge is -2.36. The van der Waals surface area contributed by atoms with E-state index >= 15 is 0 Å². The van der Waals surface area contributed by atoms with Crippen molar-refractivity contribution in [2.75, 3.05) is 57.4 Å². The summed E-state index contributed by atoms with van der Waals surface area (Å²) in [6.45, 7) is 6.54. The normalized spacial score (nSPS) is 16.4. The van der Waals surface area contributed by atoms with Crippen LogP contribution in [0.15, 0.2) is 53.1 Å². The minimum Gasteiger partial charge on any atom is -0.486 e. The van der Waals surface area contributed by atoms with Crippen LogP contribution < -0.4 is 19.7 Å². The number of piperazine rings is 1. The molecular weight excluding hydrogens is 473 g/mol. The van der Waals surface area contributed by atoms with Gasteiger partial charge in [-0.15, -0.1) is 0 Å². The lowest BCUT2D eigenvalue weighted by Crippen LogP contribution is -2.47. The van der Waals surface area contributed by atoms with E-state index in [4.69, 9.17) is 14.0 Å². The fourth-order valence-corrected chi connectivity index (χ4v) is 4.48. The van der Waals surface area contributed by atoms with Crippen molar-refractivity contribution in [3.8, 4) is 22.8 Å². The first-order valence-corrected chi connectivity index (χ1v) is 12.2. The Bertz CT molecular complexity index is 1160. The molecule has 10 heteroatoms. The summed E-state index contributed by atoms with van der Waals surface area (Å²) in [6, 6.07) is 13.2. The Morgan fingerprint density at radius 3 is 2.53 bits per heavy atom. The van der Waals surface area contributed by atoms with E-state index in [1.54, 1.807) is 6.07 Å². The summed E-state index contributed by atoms with van der Waals surface area (Å²) in [4.78, 5) is 4.37. The van der Waals surface area contributed by atoms with Crippen molar-refractivity contribution in [3.63, 3.8) is 0 Å². The quantitative estimate of drug-likeness (QED) is 0.457. The summed E-state index contributed by atoms with van der Waals surface area (Å²) in [7, 11) is 0. The van der Waals surface area contributed by atoms with E-state index in [0.29, 0.717) is 25.4 Å². The molecular formula is C26H29F3N4O3. The lowest BCUT2D eigenvalue weighted by molar-refractivity contribution is -0.137. The second-order valence-corrected chi connectivity index (χ2v) is 8.94. The first-order chi connectivity index (χ1) is 17.5. The maximum absolute atomic E-state index is 13.0. The molecule has 0 atom stereocenters. The smallest absolute Gasteiger partial charge is 0.416 e. The Labute approximate surface area is 207 Å². The number of hydrogen-bond acceptors (Lipinski definition) is 7. The fourth-order valence-electron chi connectivity index (χ4n) is 4.48. The lowest BCUT2D eigenvalue weighted by atomic mass is 10.1. The number of ether oxygens (including phenoxy) is 2. The minimum absolute atomic E-state index is 0.538. The van der Waals surface area contributed by atoms with Gasteiger partial charge in [-0.1, -0.05) is 11.2 Å². The van der Waals surface area contributed by atoms with E-state index in [2.05, 4.69) is 15.4 Å². The van der Waals surface area contributed by atoms with Crippen molar-refractivity contribution >= 4 is 5.69 Å². The van der Waals surface area contributed by atoms with Gasteiger partial charge >= 0.3 is 6.18 Å². The third kappa shape index (κ3) is 5.93. The minimum atomic E-state index is -4.32. The average molecular weight is 503 g/mol. The van der Waals surface area contributed by atoms with Crippen molar-refractivity contribution in [3.05, 3.63) is 59.9 Å². The highest BCUT2D eigenvalue weighted by Crippen LogP contribution is 2.34. The van der Waals surface area contributed by atoms with Gasteiger partial charge in [0.05, 0.1) is 12.1 Å². The van der Waals surface area contributed by atoms with Crippen LogP contribution in [-0.2, 0) is 12.7 Å². The molecule has 1 N–H and O–H groups in total. The molecule has 0 amide bonds. The van der Waals surface area contributed by atoms with Crippen LogP contribution in [0.4, 0.5) is 18.9 Å². The molecule has 0 unspecified atom stereocenters. The van der Waals surface area contributed by atoms with E-state index < -0.39 is 11.7 Å². The Hall–Kier alpha value is -3.24. The molecule has 0 bridgehead atoms. The van der Waals surface area contributed by atoms with Gasteiger partial charge in [0.2, 0.25) is 0 Å². The van der Waals surface area contributed by atoms with Gasteiger partial charge < -0.3 is 24.2 Å². The predicted octanol–water partition coefficient (Wildman–Crippen LogP) is 4.43. The maximum Gasteiger partial charge on any atom is 0.416 e. The summed E-state index contributed by atoms with van der Waals surface area (Å²) in [5.74, 6) is 2.22. The summed E-state index contributed by atoms with van der Waals surface area (Å²) < 4.78 is 55.6. The Balaban J connectivity index is 1.02. The number of anilines is 1. The number of aromatic nitrogens is 1. The SMILES string of the molecule is FC(F)(F)c1cccc(N2CCN(CCCNCc3cc(-c4ccc5c(c4)OCCO5)no3)CC2)c1. The number of rotatable bonds is 8. The van der Waals surface area contributed by atoms with Gasteiger partial charge in [0.1, 0.15) is 18.9 Å². The van der Waals surface area contributed by atoms with Gasteiger partial charge in [-0.25, -0.2) is 0 Å². The topological polar surface area (TPSA) is 63.0 Å². The highest BCUT2D eigenvalue weighted by molar-refractivity contribution is 5.64. The number of alkyl halides is 3. The van der Waals surface area contributed by atoms with Crippen molar-refractivity contribution in [1.82, 2.24) is 15.4 Å². The molecule has 0 radical (unpaired) electrons. The monoisotopic (exact) mass is 502 g/mol. The number of nitrogens with one attached hydrogen (secondary N) is 1. The van der Waals surface area contributed by atoms with Crippen LogP contribution >= 0.6 is 0 Å². The predicted molar refractivity (Wildman–Crippen MR) is 129 cm³/mol. The van der Waals surface area contributed by atoms with Gasteiger partial charge in [0, 0.05) is 43.5 Å². The standard InChI is InChI=1S/C26H29F3N4O3/c27-26(28,29)20-3-1-4-21(16-20)33-11-9-32(10-12-33)8-2-7-30-18-22-17-23(31-36-22)19-5-6-24-25(15-19)35-14-13-34-24/h1,3-6,15-17,30H,2,7-14,18H2. The van der Waals surface area contributed by atoms with Crippen molar-refractivity contribution < 1.29 is 27.2 Å². The molecule has 2 aliphatic rings. The van der Waals surface area contributed by atoms with Crippen LogP contribution in [0.25, 0.3) is 11.3 Å². The first-order valence-electron chi connectivity index (χ1n) is 12.2. The number of halogens is 3. The Morgan fingerprint density at radius 2 is 1.72 bits per heavy atom. The van der Waals surface area contributed by atoms with Gasteiger partial charge in [0.15, 0.2) is 17.3 Å². The molecule has 192 valence electrons. The summed E-state index contributed by atoms with van der Waals surface area (Å²) in [5.41, 5.74) is 1.70. The van der Waals surface area contributed by atoms with E-state index in [-0.39, 0.29) is 0 Å². The van der Waals surface area contributed by atoms with Crippen LogP contribution in [0.5, 0.6) is 11.5 Å². The molecule has 3 heterocycles. The van der Waals surface area contributed by atoms with E-state index in [9.17, 15) is 13.2 Å². The molecule has 36 heavy (non-hydrogen) atoms. The van der Waals surface area contributed by atoms with Crippen LogP contribution in [0.2, 0.25) is 0 Å². The number of hydrogen-bond donors (Lipinski definition) is 1. The molecule has 2 aliphatic heterocycles. The number of fused-ring (bicyclic) bond motifs is 1. The number of benzene rings is 2. The van der Waals surface area contributed by atoms with Gasteiger partial charge in [0.25, 0.3) is 0 Å². The second kappa shape index (κ2) is 10.8. The molecule has 0 spiro atoms. The molecule has 1 saturated heterocycles. The van der Waals surface area contributed by atoms with Crippen molar-refractivity contribution in [2.24, 2.45) is 0 Å². The largest absolute Gasteiger partial charge is 0.486 e. The highest BCUT2D eigenvalue weighted by atomic mass is 19.4. The molecule has 0 aliphatic carbocycles. The van der Waals surface area contributed by atoms with Crippen molar-refractivity contribution in [2.45, 2.75) is 19.1 Å². The second-order valence-electron chi connectivity index (χ2n) is 8.94.